The minimum Gasteiger partial charge on any atom is -0.339 e. The summed E-state index contributed by atoms with van der Waals surface area (Å²) in [5, 5.41) is 7.22. The number of hydrogen-bond acceptors (Lipinski definition) is 5. The molecule has 2 heterocycles. The van der Waals surface area contributed by atoms with E-state index in [2.05, 4.69) is 20.1 Å². The van der Waals surface area contributed by atoms with Crippen LogP contribution in [0.5, 0.6) is 0 Å². The number of nitrogens with one attached hydrogen (secondary N) is 2. The number of nitrogens with zero attached hydrogens (tertiary/aromatic N) is 4. The fourth-order valence-corrected chi connectivity index (χ4v) is 4.25. The van der Waals surface area contributed by atoms with E-state index < -0.39 is 21.7 Å². The van der Waals surface area contributed by atoms with Crippen molar-refractivity contribution in [2.24, 2.45) is 14.1 Å². The molecule has 0 saturated heterocycles. The first-order valence-corrected chi connectivity index (χ1v) is 10.7. The first-order chi connectivity index (χ1) is 14.6. The molecule has 12 heteroatoms. The maximum Gasteiger partial charge on any atom is 0.280 e. The van der Waals surface area contributed by atoms with Crippen LogP contribution in [0.25, 0.3) is 10.9 Å². The van der Waals surface area contributed by atoms with E-state index in [4.69, 9.17) is 11.6 Å². The van der Waals surface area contributed by atoms with Gasteiger partial charge in [0.2, 0.25) is 0 Å². The summed E-state index contributed by atoms with van der Waals surface area (Å²) in [6.45, 7) is 0. The van der Waals surface area contributed by atoms with E-state index in [1.807, 2.05) is 0 Å². The van der Waals surface area contributed by atoms with E-state index in [1.54, 1.807) is 20.2 Å². The van der Waals surface area contributed by atoms with Crippen LogP contribution in [0.3, 0.4) is 0 Å². The summed E-state index contributed by atoms with van der Waals surface area (Å²) in [4.78, 5) is 16.6. The smallest absolute Gasteiger partial charge is 0.280 e. The Kier molecular flexibility index (Phi) is 5.15. The number of aromatic nitrogens is 4. The molecule has 160 valence electrons. The van der Waals surface area contributed by atoms with Gasteiger partial charge in [-0.15, -0.1) is 0 Å². The molecule has 0 aliphatic rings. The largest absolute Gasteiger partial charge is 0.339 e. The number of aryl methyl sites for hydroxylation is 2. The van der Waals surface area contributed by atoms with Crippen LogP contribution in [0, 0.1) is 5.82 Å². The molecule has 0 aliphatic carbocycles. The van der Waals surface area contributed by atoms with Gasteiger partial charge in [-0.3, -0.25) is 14.2 Å². The minimum atomic E-state index is -3.87. The summed E-state index contributed by atoms with van der Waals surface area (Å²) < 4.78 is 43.6. The Morgan fingerprint density at radius 1 is 1.13 bits per heavy atom. The van der Waals surface area contributed by atoms with Crippen LogP contribution in [0.1, 0.15) is 10.5 Å². The molecule has 2 aromatic heterocycles. The highest BCUT2D eigenvalue weighted by molar-refractivity contribution is 7.92. The molecule has 0 saturated carbocycles. The lowest BCUT2D eigenvalue weighted by atomic mass is 10.2. The Morgan fingerprint density at radius 2 is 1.87 bits per heavy atom. The van der Waals surface area contributed by atoms with E-state index in [0.717, 1.165) is 6.07 Å². The van der Waals surface area contributed by atoms with Gasteiger partial charge in [0.25, 0.3) is 15.9 Å². The third-order valence-corrected chi connectivity index (χ3v) is 5.99. The Bertz CT molecular complexity index is 1430. The molecular formula is C19H16ClFN6O3S. The quantitative estimate of drug-likeness (QED) is 0.473. The zero-order valence-electron chi connectivity index (χ0n) is 16.3. The van der Waals surface area contributed by atoms with Gasteiger partial charge in [-0.2, -0.15) is 13.5 Å². The van der Waals surface area contributed by atoms with Gasteiger partial charge in [0.05, 0.1) is 22.6 Å². The molecule has 4 rings (SSSR count). The maximum atomic E-state index is 13.3. The summed E-state index contributed by atoms with van der Waals surface area (Å²) in [5.74, 6) is -1.07. The van der Waals surface area contributed by atoms with E-state index in [9.17, 15) is 17.6 Å². The number of fused-ring (bicyclic) bond motifs is 1. The minimum absolute atomic E-state index is 0.113. The van der Waals surface area contributed by atoms with Gasteiger partial charge in [-0.05, 0) is 36.4 Å². The predicted octanol–water partition coefficient (Wildman–Crippen LogP) is 3.15. The lowest BCUT2D eigenvalue weighted by Crippen LogP contribution is -2.16. The number of anilines is 2. The molecule has 0 bridgehead atoms. The van der Waals surface area contributed by atoms with Crippen molar-refractivity contribution in [1.29, 1.82) is 0 Å². The molecule has 0 unspecified atom stereocenters. The molecule has 2 N–H and O–H groups in total. The van der Waals surface area contributed by atoms with Crippen LogP contribution in [0.15, 0.2) is 53.9 Å². The monoisotopic (exact) mass is 462 g/mol. The topological polar surface area (TPSA) is 111 Å². The Hall–Kier alpha value is -3.44. The first-order valence-electron chi connectivity index (χ1n) is 8.88. The van der Waals surface area contributed by atoms with E-state index in [0.29, 0.717) is 16.6 Å². The number of carbonyl (C=O) groups excluding carboxylic acids is 1. The molecule has 0 atom stereocenters. The number of hydrogen-bond donors (Lipinski definition) is 2. The SMILES string of the molecule is Cn1cnc(S(=O)(=O)Nc2ccc3c(C(=O)Nc4ccc(F)c(Cl)c4)n(C)nc3c2)c1. The van der Waals surface area contributed by atoms with Crippen LogP contribution in [-0.4, -0.2) is 33.7 Å². The van der Waals surface area contributed by atoms with Gasteiger partial charge in [0.15, 0.2) is 5.03 Å². The number of amides is 1. The van der Waals surface area contributed by atoms with Crippen molar-refractivity contribution < 1.29 is 17.6 Å². The third-order valence-electron chi connectivity index (χ3n) is 4.44. The summed E-state index contributed by atoms with van der Waals surface area (Å²) in [6.07, 6.45) is 2.77. The van der Waals surface area contributed by atoms with Gasteiger partial charge >= 0.3 is 0 Å². The second-order valence-corrected chi connectivity index (χ2v) is 8.81. The number of halogens is 2. The summed E-state index contributed by atoms with van der Waals surface area (Å²) in [6, 6.07) is 8.47. The van der Waals surface area contributed by atoms with E-state index in [-0.39, 0.29) is 21.4 Å². The van der Waals surface area contributed by atoms with Gasteiger partial charge < -0.3 is 9.88 Å². The summed E-state index contributed by atoms with van der Waals surface area (Å²) >= 11 is 5.76. The van der Waals surface area contributed by atoms with Crippen molar-refractivity contribution in [3.8, 4) is 0 Å². The molecule has 1 amide bonds. The molecule has 4 aromatic rings. The molecule has 31 heavy (non-hydrogen) atoms. The second kappa shape index (κ2) is 7.67. The highest BCUT2D eigenvalue weighted by Crippen LogP contribution is 2.25. The number of imidazole rings is 1. The van der Waals surface area contributed by atoms with Crippen molar-refractivity contribution in [3.05, 3.63) is 65.5 Å². The number of benzene rings is 2. The molecule has 0 spiro atoms. The molecule has 9 nitrogen and oxygen atoms in total. The second-order valence-electron chi connectivity index (χ2n) is 6.77. The first kappa shape index (κ1) is 20.8. The van der Waals surface area contributed by atoms with Crippen LogP contribution in [-0.2, 0) is 24.1 Å². The van der Waals surface area contributed by atoms with Gasteiger partial charge in [0, 0.05) is 31.4 Å². The molecule has 0 aliphatic heterocycles. The van der Waals surface area contributed by atoms with Crippen LogP contribution >= 0.6 is 11.6 Å². The van der Waals surface area contributed by atoms with Crippen molar-refractivity contribution >= 4 is 49.8 Å². The standard InChI is InChI=1S/C19H16ClFN6O3S/c1-26-9-17(22-10-26)31(29,30)25-12-3-5-13-16(8-12)24-27(2)18(13)19(28)23-11-4-6-15(21)14(20)7-11/h3-10,25H,1-2H3,(H,23,28). The fourth-order valence-electron chi connectivity index (χ4n) is 3.03. The molecule has 0 radical (unpaired) electrons. The van der Waals surface area contributed by atoms with Crippen LogP contribution < -0.4 is 10.0 Å². The average Bonchev–Trinajstić information content (AvgIpc) is 3.27. The fraction of sp³-hybridized carbons (Fsp3) is 0.105. The maximum absolute atomic E-state index is 13.3. The molecule has 0 fully saturated rings. The van der Waals surface area contributed by atoms with Crippen molar-refractivity contribution in [1.82, 2.24) is 19.3 Å². The summed E-state index contributed by atoms with van der Waals surface area (Å²) in [5.41, 5.74) is 1.25. The number of carbonyl (C=O) groups is 1. The lowest BCUT2D eigenvalue weighted by Gasteiger charge is -2.07. The Labute approximate surface area is 181 Å². The summed E-state index contributed by atoms with van der Waals surface area (Å²) in [7, 11) is -0.615. The van der Waals surface area contributed by atoms with Crippen LogP contribution in [0.4, 0.5) is 15.8 Å². The normalized spacial score (nSPS) is 11.6. The molecule has 2 aromatic carbocycles. The van der Waals surface area contributed by atoms with Crippen molar-refractivity contribution in [2.75, 3.05) is 10.0 Å². The third kappa shape index (κ3) is 4.09. The van der Waals surface area contributed by atoms with E-state index >= 15 is 0 Å². The van der Waals surface area contributed by atoms with E-state index in [1.165, 1.54) is 46.0 Å². The average molecular weight is 463 g/mol. The predicted molar refractivity (Wildman–Crippen MR) is 114 cm³/mol. The zero-order valence-corrected chi connectivity index (χ0v) is 17.9. The van der Waals surface area contributed by atoms with Gasteiger partial charge in [-0.25, -0.2) is 9.37 Å². The highest BCUT2D eigenvalue weighted by atomic mass is 35.5. The zero-order chi connectivity index (χ0) is 22.3. The van der Waals surface area contributed by atoms with Crippen molar-refractivity contribution in [3.63, 3.8) is 0 Å². The highest BCUT2D eigenvalue weighted by Gasteiger charge is 2.20. The molecular weight excluding hydrogens is 447 g/mol. The van der Waals surface area contributed by atoms with Gasteiger partial charge in [0.1, 0.15) is 11.5 Å². The Morgan fingerprint density at radius 3 is 2.55 bits per heavy atom. The van der Waals surface area contributed by atoms with Crippen LogP contribution in [0.2, 0.25) is 5.02 Å². The number of sulfonamides is 1. The Balaban J connectivity index is 1.62. The van der Waals surface area contributed by atoms with Gasteiger partial charge in [-0.1, -0.05) is 11.6 Å². The number of rotatable bonds is 5. The lowest BCUT2D eigenvalue weighted by molar-refractivity contribution is 0.101. The van der Waals surface area contributed by atoms with Crippen molar-refractivity contribution in [2.45, 2.75) is 5.03 Å².